The molecule has 1 aliphatic heterocycles. The molecular weight excluding hydrogens is 212 g/mol. The lowest BCUT2D eigenvalue weighted by Gasteiger charge is -2.34. The summed E-state index contributed by atoms with van der Waals surface area (Å²) in [6, 6.07) is 0.175. The van der Waals surface area contributed by atoms with Gasteiger partial charge < -0.3 is 5.73 Å². The first kappa shape index (κ1) is 11.4. The summed E-state index contributed by atoms with van der Waals surface area (Å²) in [5.74, 6) is 0. The largest absolute Gasteiger partial charge is 0.330 e. The van der Waals surface area contributed by atoms with E-state index in [4.69, 9.17) is 5.73 Å². The second kappa shape index (κ2) is 4.39. The number of sulfonamides is 1. The van der Waals surface area contributed by atoms with Crippen LogP contribution in [0.25, 0.3) is 0 Å². The molecule has 1 aliphatic carbocycles. The Labute approximate surface area is 91.9 Å². The normalized spacial score (nSPS) is 29.3. The predicted molar refractivity (Wildman–Crippen MR) is 60.0 cm³/mol. The van der Waals surface area contributed by atoms with Gasteiger partial charge in [0, 0.05) is 12.6 Å². The van der Waals surface area contributed by atoms with Gasteiger partial charge in [0.1, 0.15) is 0 Å². The molecule has 2 aliphatic rings. The first-order valence-electron chi connectivity index (χ1n) is 5.87. The topological polar surface area (TPSA) is 63.4 Å². The third kappa shape index (κ3) is 2.34. The van der Waals surface area contributed by atoms with Gasteiger partial charge in [-0.25, -0.2) is 8.42 Å². The molecule has 1 atom stereocenters. The van der Waals surface area contributed by atoms with Gasteiger partial charge in [0.25, 0.3) is 0 Å². The summed E-state index contributed by atoms with van der Waals surface area (Å²) in [4.78, 5) is 0. The van der Waals surface area contributed by atoms with Crippen molar-refractivity contribution in [1.82, 2.24) is 4.31 Å². The Bertz CT molecular complexity index is 309. The van der Waals surface area contributed by atoms with E-state index in [9.17, 15) is 8.42 Å². The molecule has 0 spiro atoms. The van der Waals surface area contributed by atoms with Crippen LogP contribution >= 0.6 is 0 Å². The Kier molecular flexibility index (Phi) is 3.33. The monoisotopic (exact) mass is 232 g/mol. The van der Waals surface area contributed by atoms with Gasteiger partial charge in [-0.1, -0.05) is 6.42 Å². The van der Waals surface area contributed by atoms with Gasteiger partial charge >= 0.3 is 0 Å². The maximum absolute atomic E-state index is 12.1. The first-order chi connectivity index (χ1) is 7.16. The molecule has 0 radical (unpaired) electrons. The first-order valence-corrected chi connectivity index (χ1v) is 7.37. The number of hydrogen-bond donors (Lipinski definition) is 1. The van der Waals surface area contributed by atoms with E-state index in [2.05, 4.69) is 0 Å². The number of nitrogens with zero attached hydrogens (tertiary/aromatic N) is 1. The molecule has 1 heterocycles. The molecular formula is C10H20N2O2S. The van der Waals surface area contributed by atoms with Crippen LogP contribution in [0.15, 0.2) is 0 Å². The van der Waals surface area contributed by atoms with E-state index in [1.54, 1.807) is 4.31 Å². The van der Waals surface area contributed by atoms with Crippen molar-refractivity contribution in [2.45, 2.75) is 49.8 Å². The smallest absolute Gasteiger partial charge is 0.217 e. The summed E-state index contributed by atoms with van der Waals surface area (Å²) in [6.07, 6.45) is 5.66. The van der Waals surface area contributed by atoms with E-state index in [-0.39, 0.29) is 11.3 Å². The second-order valence-electron chi connectivity index (χ2n) is 4.58. The van der Waals surface area contributed by atoms with Crippen LogP contribution < -0.4 is 5.73 Å². The fraction of sp³-hybridized carbons (Fsp3) is 1.00. The summed E-state index contributed by atoms with van der Waals surface area (Å²) >= 11 is 0. The minimum Gasteiger partial charge on any atom is -0.330 e. The maximum atomic E-state index is 12.1. The highest BCUT2D eigenvalue weighted by Crippen LogP contribution is 2.34. The standard InChI is InChI=1S/C10H20N2O2S/c11-7-6-9-3-1-2-8-12(9)15(13,14)10-4-5-10/h9-10H,1-8,11H2. The van der Waals surface area contributed by atoms with Gasteiger partial charge in [-0.15, -0.1) is 0 Å². The Morgan fingerprint density at radius 3 is 2.53 bits per heavy atom. The molecule has 1 saturated carbocycles. The Balaban J connectivity index is 2.09. The third-order valence-electron chi connectivity index (χ3n) is 3.35. The molecule has 5 heteroatoms. The van der Waals surface area contributed by atoms with Crippen molar-refractivity contribution in [3.63, 3.8) is 0 Å². The molecule has 1 unspecified atom stereocenters. The average Bonchev–Trinajstić information content (AvgIpc) is 3.02. The Morgan fingerprint density at radius 1 is 1.20 bits per heavy atom. The van der Waals surface area contributed by atoms with Gasteiger partial charge in [0.15, 0.2) is 0 Å². The molecule has 1 saturated heterocycles. The van der Waals surface area contributed by atoms with E-state index in [0.29, 0.717) is 13.1 Å². The molecule has 2 rings (SSSR count). The average molecular weight is 232 g/mol. The van der Waals surface area contributed by atoms with E-state index in [1.807, 2.05) is 0 Å². The fourth-order valence-electron chi connectivity index (χ4n) is 2.35. The molecule has 2 fully saturated rings. The van der Waals surface area contributed by atoms with Crippen molar-refractivity contribution in [3.8, 4) is 0 Å². The summed E-state index contributed by atoms with van der Waals surface area (Å²) in [7, 11) is -2.98. The molecule has 0 aromatic carbocycles. The van der Waals surface area contributed by atoms with E-state index in [1.165, 1.54) is 0 Å². The van der Waals surface area contributed by atoms with Crippen LogP contribution in [-0.2, 0) is 10.0 Å². The molecule has 2 N–H and O–H groups in total. The molecule has 4 nitrogen and oxygen atoms in total. The van der Waals surface area contributed by atoms with Crippen LogP contribution in [0.5, 0.6) is 0 Å². The fourth-order valence-corrected chi connectivity index (χ4v) is 4.47. The minimum absolute atomic E-state index is 0.0733. The molecule has 0 aromatic rings. The number of piperidine rings is 1. The molecule has 0 aromatic heterocycles. The maximum Gasteiger partial charge on any atom is 0.217 e. The van der Waals surface area contributed by atoms with Crippen molar-refractivity contribution in [2.24, 2.45) is 5.73 Å². The van der Waals surface area contributed by atoms with Crippen molar-refractivity contribution in [1.29, 1.82) is 0 Å². The van der Waals surface area contributed by atoms with Crippen LogP contribution in [0.1, 0.15) is 38.5 Å². The lowest BCUT2D eigenvalue weighted by molar-refractivity contribution is 0.243. The predicted octanol–water partition coefficient (Wildman–Crippen LogP) is 0.682. The van der Waals surface area contributed by atoms with Gasteiger partial charge in [-0.05, 0) is 38.6 Å². The van der Waals surface area contributed by atoms with Gasteiger partial charge in [0.05, 0.1) is 5.25 Å². The SMILES string of the molecule is NCCC1CCCCN1S(=O)(=O)C1CC1. The number of nitrogens with two attached hydrogens (primary N) is 1. The van der Waals surface area contributed by atoms with Crippen molar-refractivity contribution in [3.05, 3.63) is 0 Å². The zero-order valence-electron chi connectivity index (χ0n) is 9.06. The van der Waals surface area contributed by atoms with Crippen LogP contribution in [-0.4, -0.2) is 37.1 Å². The van der Waals surface area contributed by atoms with Crippen LogP contribution in [0, 0.1) is 0 Å². The summed E-state index contributed by atoms with van der Waals surface area (Å²) in [5, 5.41) is -0.0733. The van der Waals surface area contributed by atoms with Crippen molar-refractivity contribution in [2.75, 3.05) is 13.1 Å². The zero-order chi connectivity index (χ0) is 10.9. The van der Waals surface area contributed by atoms with E-state index >= 15 is 0 Å². The number of hydrogen-bond acceptors (Lipinski definition) is 3. The second-order valence-corrected chi connectivity index (χ2v) is 6.75. The van der Waals surface area contributed by atoms with Crippen LogP contribution in [0.3, 0.4) is 0 Å². The molecule has 88 valence electrons. The van der Waals surface area contributed by atoms with Crippen LogP contribution in [0.2, 0.25) is 0 Å². The van der Waals surface area contributed by atoms with Gasteiger partial charge in [-0.2, -0.15) is 4.31 Å². The molecule has 15 heavy (non-hydrogen) atoms. The van der Waals surface area contributed by atoms with Gasteiger partial charge in [0.2, 0.25) is 10.0 Å². The number of rotatable bonds is 4. The Hall–Kier alpha value is -0.130. The summed E-state index contributed by atoms with van der Waals surface area (Å²) in [5.41, 5.74) is 5.54. The summed E-state index contributed by atoms with van der Waals surface area (Å²) in [6.45, 7) is 1.30. The highest BCUT2D eigenvalue weighted by molar-refractivity contribution is 7.90. The minimum atomic E-state index is -2.98. The zero-order valence-corrected chi connectivity index (χ0v) is 9.88. The van der Waals surface area contributed by atoms with Crippen molar-refractivity contribution < 1.29 is 8.42 Å². The lowest BCUT2D eigenvalue weighted by Crippen LogP contribution is -2.45. The van der Waals surface area contributed by atoms with E-state index in [0.717, 1.165) is 38.5 Å². The molecule has 0 bridgehead atoms. The quantitative estimate of drug-likeness (QED) is 0.775. The Morgan fingerprint density at radius 2 is 1.93 bits per heavy atom. The highest BCUT2D eigenvalue weighted by atomic mass is 32.2. The van der Waals surface area contributed by atoms with E-state index < -0.39 is 10.0 Å². The van der Waals surface area contributed by atoms with Crippen molar-refractivity contribution >= 4 is 10.0 Å². The highest BCUT2D eigenvalue weighted by Gasteiger charge is 2.42. The molecule has 0 amide bonds. The van der Waals surface area contributed by atoms with Gasteiger partial charge in [-0.3, -0.25) is 0 Å². The lowest BCUT2D eigenvalue weighted by atomic mass is 10.0. The third-order valence-corrected chi connectivity index (χ3v) is 5.79. The van der Waals surface area contributed by atoms with Crippen LogP contribution in [0.4, 0.5) is 0 Å². The summed E-state index contributed by atoms with van der Waals surface area (Å²) < 4.78 is 26.0.